The predicted molar refractivity (Wildman–Crippen MR) is 127 cm³/mol. The number of pyridine rings is 2. The molecular formula is C20H27Br3N4O2. The van der Waals surface area contributed by atoms with Gasteiger partial charge in [0, 0.05) is 40.5 Å². The Morgan fingerprint density at radius 1 is 0.931 bits per heavy atom. The quantitative estimate of drug-likeness (QED) is 0.484. The van der Waals surface area contributed by atoms with Crippen LogP contribution in [0.15, 0.2) is 50.2 Å². The number of ether oxygens (including phenoxy) is 2. The normalized spacial score (nSPS) is 21.3. The third-order valence-corrected chi connectivity index (χ3v) is 5.58. The Kier molecular flexibility index (Phi) is 11.6. The van der Waals surface area contributed by atoms with E-state index in [1.54, 1.807) is 6.20 Å². The van der Waals surface area contributed by atoms with Gasteiger partial charge in [-0.25, -0.2) is 9.97 Å². The van der Waals surface area contributed by atoms with E-state index in [0.717, 1.165) is 58.9 Å². The number of hydrogen-bond donors (Lipinski definition) is 1. The summed E-state index contributed by atoms with van der Waals surface area (Å²) in [5.74, 6) is 1.03. The Bertz CT molecular complexity index is 677. The molecule has 0 unspecified atom stereocenters. The fourth-order valence-corrected chi connectivity index (χ4v) is 3.36. The van der Waals surface area contributed by atoms with E-state index in [1.807, 2.05) is 30.5 Å². The smallest absolute Gasteiger partial charge is 0.128 e. The maximum absolute atomic E-state index is 5.38. The Hall–Kier alpha value is -0.580. The second-order valence-corrected chi connectivity index (χ2v) is 9.33. The lowest BCUT2D eigenvalue weighted by Crippen LogP contribution is -2.44. The van der Waals surface area contributed by atoms with Crippen LogP contribution in [-0.2, 0) is 9.47 Å². The topological polar surface area (TPSA) is 59.5 Å². The molecule has 0 amide bonds. The number of halogens is 3. The van der Waals surface area contributed by atoms with Crippen LogP contribution in [0.25, 0.3) is 0 Å². The standard InChI is InChI=1S/C10H13BrN2O.C5H3Br2N.C5H11NO/c1-8-7-14-5-4-13(8)10-3-2-9(11)6-12-10;6-4-1-2-5(7)8-3-4;1-5-4-7-3-2-6-5/h2-3,6,8H,4-5,7H2,1H3;1-3H;5-6H,2-4H2,1H3/t8-;;5-/m1.1/s1. The van der Waals surface area contributed by atoms with Crippen molar-refractivity contribution in [3.63, 3.8) is 0 Å². The highest BCUT2D eigenvalue weighted by Crippen LogP contribution is 2.18. The van der Waals surface area contributed by atoms with E-state index in [4.69, 9.17) is 9.47 Å². The lowest BCUT2D eigenvalue weighted by atomic mass is 10.2. The van der Waals surface area contributed by atoms with Crippen LogP contribution in [0.5, 0.6) is 0 Å². The van der Waals surface area contributed by atoms with Crippen molar-refractivity contribution in [1.29, 1.82) is 0 Å². The number of anilines is 1. The van der Waals surface area contributed by atoms with Crippen LogP contribution in [0, 0.1) is 0 Å². The third-order valence-electron chi connectivity index (χ3n) is 4.17. The first-order valence-electron chi connectivity index (χ1n) is 9.50. The fraction of sp³-hybridized carbons (Fsp3) is 0.500. The van der Waals surface area contributed by atoms with Gasteiger partial charge in [0.05, 0.1) is 32.5 Å². The molecule has 2 atom stereocenters. The summed E-state index contributed by atoms with van der Waals surface area (Å²) in [5.41, 5.74) is 0. The monoisotopic (exact) mass is 592 g/mol. The molecule has 4 rings (SSSR count). The van der Waals surface area contributed by atoms with Crippen LogP contribution in [0.2, 0.25) is 0 Å². The van der Waals surface area contributed by atoms with Crippen LogP contribution < -0.4 is 10.2 Å². The van der Waals surface area contributed by atoms with Gasteiger partial charge < -0.3 is 19.7 Å². The van der Waals surface area contributed by atoms with Crippen LogP contribution >= 0.6 is 47.8 Å². The van der Waals surface area contributed by atoms with E-state index >= 15 is 0 Å². The molecule has 9 heteroatoms. The minimum Gasteiger partial charge on any atom is -0.379 e. The summed E-state index contributed by atoms with van der Waals surface area (Å²) in [4.78, 5) is 10.6. The van der Waals surface area contributed by atoms with E-state index in [0.29, 0.717) is 12.1 Å². The van der Waals surface area contributed by atoms with Crippen molar-refractivity contribution < 1.29 is 9.47 Å². The van der Waals surface area contributed by atoms with Crippen molar-refractivity contribution in [2.75, 3.05) is 44.4 Å². The molecule has 160 valence electrons. The van der Waals surface area contributed by atoms with Gasteiger partial charge >= 0.3 is 0 Å². The van der Waals surface area contributed by atoms with Gasteiger partial charge in [-0.15, -0.1) is 0 Å². The zero-order chi connectivity index (χ0) is 21.1. The molecule has 4 heterocycles. The van der Waals surface area contributed by atoms with Gasteiger partial charge in [0.2, 0.25) is 0 Å². The molecule has 0 aliphatic carbocycles. The van der Waals surface area contributed by atoms with Gasteiger partial charge in [-0.05, 0) is 85.9 Å². The minimum absolute atomic E-state index is 0.414. The largest absolute Gasteiger partial charge is 0.379 e. The van der Waals surface area contributed by atoms with Crippen molar-refractivity contribution >= 4 is 53.6 Å². The number of nitrogens with one attached hydrogen (secondary N) is 1. The zero-order valence-corrected chi connectivity index (χ0v) is 21.4. The highest BCUT2D eigenvalue weighted by atomic mass is 79.9. The van der Waals surface area contributed by atoms with E-state index in [2.05, 4.69) is 81.8 Å². The van der Waals surface area contributed by atoms with Crippen LogP contribution in [0.1, 0.15) is 13.8 Å². The SMILES string of the molecule is Brc1ccc(Br)nc1.C[C@@H]1COCCN1.C[C@@H]1COCCN1c1ccc(Br)cn1. The molecule has 2 aliphatic heterocycles. The van der Waals surface area contributed by atoms with Gasteiger partial charge in [-0.1, -0.05) is 0 Å². The zero-order valence-electron chi connectivity index (χ0n) is 16.7. The molecule has 0 bridgehead atoms. The van der Waals surface area contributed by atoms with Crippen molar-refractivity contribution in [2.24, 2.45) is 0 Å². The molecule has 0 spiro atoms. The van der Waals surface area contributed by atoms with E-state index < -0.39 is 0 Å². The summed E-state index contributed by atoms with van der Waals surface area (Å²) in [6, 6.07) is 8.84. The molecule has 2 aromatic rings. The van der Waals surface area contributed by atoms with Gasteiger partial charge in [0.1, 0.15) is 10.4 Å². The molecule has 2 saturated heterocycles. The fourth-order valence-electron chi connectivity index (χ4n) is 2.66. The summed E-state index contributed by atoms with van der Waals surface area (Å²) in [6.45, 7) is 9.56. The second kappa shape index (κ2) is 13.7. The molecule has 29 heavy (non-hydrogen) atoms. The first kappa shape index (κ1) is 24.7. The Morgan fingerprint density at radius 3 is 2.07 bits per heavy atom. The van der Waals surface area contributed by atoms with E-state index in [9.17, 15) is 0 Å². The molecule has 2 fully saturated rings. The van der Waals surface area contributed by atoms with Crippen molar-refractivity contribution in [1.82, 2.24) is 15.3 Å². The molecule has 1 N–H and O–H groups in total. The van der Waals surface area contributed by atoms with Crippen molar-refractivity contribution in [3.8, 4) is 0 Å². The lowest BCUT2D eigenvalue weighted by molar-refractivity contribution is 0.0824. The highest BCUT2D eigenvalue weighted by molar-refractivity contribution is 9.11. The maximum Gasteiger partial charge on any atom is 0.128 e. The molecule has 0 radical (unpaired) electrons. The van der Waals surface area contributed by atoms with Crippen LogP contribution in [0.3, 0.4) is 0 Å². The van der Waals surface area contributed by atoms with Crippen LogP contribution in [-0.4, -0.2) is 61.6 Å². The summed E-state index contributed by atoms with van der Waals surface area (Å²) in [5, 5.41) is 3.26. The predicted octanol–water partition coefficient (Wildman–Crippen LogP) is 4.67. The minimum atomic E-state index is 0.414. The average Bonchev–Trinajstić information content (AvgIpc) is 2.73. The Morgan fingerprint density at radius 2 is 1.62 bits per heavy atom. The first-order valence-corrected chi connectivity index (χ1v) is 11.9. The molecule has 6 nitrogen and oxygen atoms in total. The lowest BCUT2D eigenvalue weighted by Gasteiger charge is -2.34. The van der Waals surface area contributed by atoms with E-state index in [1.165, 1.54) is 0 Å². The first-order chi connectivity index (χ1) is 14.0. The summed E-state index contributed by atoms with van der Waals surface area (Å²) < 4.78 is 13.4. The number of morpholine rings is 2. The van der Waals surface area contributed by atoms with Crippen LogP contribution in [0.4, 0.5) is 5.82 Å². The second-order valence-electron chi connectivity index (χ2n) is 6.68. The number of hydrogen-bond acceptors (Lipinski definition) is 6. The van der Waals surface area contributed by atoms with Gasteiger partial charge in [-0.3, -0.25) is 0 Å². The summed E-state index contributed by atoms with van der Waals surface area (Å²) in [7, 11) is 0. The third kappa shape index (κ3) is 9.85. The Labute approximate surface area is 198 Å². The molecule has 2 aliphatic rings. The molecular weight excluding hydrogens is 568 g/mol. The Balaban J connectivity index is 0.000000170. The number of aromatic nitrogens is 2. The number of rotatable bonds is 1. The molecule has 0 saturated carbocycles. The summed E-state index contributed by atoms with van der Waals surface area (Å²) in [6.07, 6.45) is 3.57. The summed E-state index contributed by atoms with van der Waals surface area (Å²) >= 11 is 9.85. The van der Waals surface area contributed by atoms with Gasteiger partial charge in [-0.2, -0.15) is 0 Å². The van der Waals surface area contributed by atoms with E-state index in [-0.39, 0.29) is 0 Å². The van der Waals surface area contributed by atoms with Crippen molar-refractivity contribution in [3.05, 3.63) is 50.2 Å². The van der Waals surface area contributed by atoms with Crippen molar-refractivity contribution in [2.45, 2.75) is 25.9 Å². The van der Waals surface area contributed by atoms with Gasteiger partial charge in [0.25, 0.3) is 0 Å². The average molecular weight is 595 g/mol. The number of nitrogens with zero attached hydrogens (tertiary/aromatic N) is 3. The molecule has 0 aromatic carbocycles. The maximum atomic E-state index is 5.38. The highest BCUT2D eigenvalue weighted by Gasteiger charge is 2.19. The van der Waals surface area contributed by atoms with Gasteiger partial charge in [0.15, 0.2) is 0 Å². The molecule has 2 aromatic heterocycles.